The van der Waals surface area contributed by atoms with Crippen LogP contribution in [0.15, 0.2) is 43.6 Å². The average Bonchev–Trinajstić information content (AvgIpc) is 2.44. The maximum absolute atomic E-state index is 4.44. The smallest absolute Gasteiger partial charge is 0.129 e. The number of anilines is 1. The maximum atomic E-state index is 4.44. The summed E-state index contributed by atoms with van der Waals surface area (Å²) in [4.78, 5) is 6.59. The third kappa shape index (κ3) is 4.87. The molecular formula is C16H25N3. The summed E-state index contributed by atoms with van der Waals surface area (Å²) in [6.45, 7) is 14.5. The Bertz CT molecular complexity index is 391. The molecule has 0 aliphatic heterocycles. The number of rotatable bonds is 9. The Hall–Kier alpha value is -1.61. The Morgan fingerprint density at radius 1 is 1.37 bits per heavy atom. The predicted octanol–water partition coefficient (Wildman–Crippen LogP) is 3.32. The second-order valence-corrected chi connectivity index (χ2v) is 4.61. The van der Waals surface area contributed by atoms with Crippen molar-refractivity contribution in [2.45, 2.75) is 26.3 Å². The number of hydrogen-bond acceptors (Lipinski definition) is 3. The molecule has 1 atom stereocenters. The van der Waals surface area contributed by atoms with Crippen LogP contribution in [0.25, 0.3) is 0 Å². The lowest BCUT2D eigenvalue weighted by molar-refractivity contribution is 0.570. The molecule has 0 bridgehead atoms. The van der Waals surface area contributed by atoms with Crippen LogP contribution in [-0.2, 0) is 0 Å². The maximum Gasteiger partial charge on any atom is 0.129 e. The minimum absolute atomic E-state index is 0.344. The fourth-order valence-corrected chi connectivity index (χ4v) is 1.93. The SMILES string of the molecule is C=CCN(CC=C)c1cc(C(C)NCCC)ccn1. The van der Waals surface area contributed by atoms with E-state index in [1.165, 1.54) is 5.56 Å². The van der Waals surface area contributed by atoms with E-state index in [1.807, 2.05) is 18.3 Å². The molecule has 0 aromatic carbocycles. The zero-order valence-corrected chi connectivity index (χ0v) is 12.1. The number of pyridine rings is 1. The molecule has 3 heteroatoms. The molecule has 1 rings (SSSR count). The van der Waals surface area contributed by atoms with Crippen LogP contribution in [0.4, 0.5) is 5.82 Å². The highest BCUT2D eigenvalue weighted by atomic mass is 15.2. The number of nitrogens with one attached hydrogen (secondary N) is 1. The summed E-state index contributed by atoms with van der Waals surface area (Å²) in [5, 5.41) is 3.49. The zero-order valence-electron chi connectivity index (χ0n) is 12.1. The normalized spacial score (nSPS) is 11.9. The van der Waals surface area contributed by atoms with E-state index in [4.69, 9.17) is 0 Å². The van der Waals surface area contributed by atoms with Gasteiger partial charge in [-0.15, -0.1) is 13.2 Å². The van der Waals surface area contributed by atoms with Crippen molar-refractivity contribution < 1.29 is 0 Å². The van der Waals surface area contributed by atoms with Crippen LogP contribution >= 0.6 is 0 Å². The molecule has 19 heavy (non-hydrogen) atoms. The van der Waals surface area contributed by atoms with Gasteiger partial charge in [-0.2, -0.15) is 0 Å². The van der Waals surface area contributed by atoms with Crippen molar-refractivity contribution in [1.82, 2.24) is 10.3 Å². The summed E-state index contributed by atoms with van der Waals surface area (Å²) >= 11 is 0. The first kappa shape index (κ1) is 15.4. The van der Waals surface area contributed by atoms with Crippen LogP contribution in [0.5, 0.6) is 0 Å². The predicted molar refractivity (Wildman–Crippen MR) is 83.6 cm³/mol. The molecule has 0 aliphatic rings. The standard InChI is InChI=1S/C16H25N3/c1-5-9-17-14(4)15-8-10-18-16(13-15)19(11-6-2)12-7-3/h6-8,10,13-14,17H,2-3,5,9,11-12H2,1,4H3. The summed E-state index contributed by atoms with van der Waals surface area (Å²) in [6.07, 6.45) is 6.78. The van der Waals surface area contributed by atoms with Crippen molar-refractivity contribution >= 4 is 5.82 Å². The first-order valence-electron chi connectivity index (χ1n) is 6.89. The van der Waals surface area contributed by atoms with Crippen LogP contribution in [0.2, 0.25) is 0 Å². The molecule has 1 aromatic heterocycles. The molecule has 1 N–H and O–H groups in total. The van der Waals surface area contributed by atoms with E-state index < -0.39 is 0 Å². The lowest BCUT2D eigenvalue weighted by Gasteiger charge is -2.22. The monoisotopic (exact) mass is 259 g/mol. The highest BCUT2D eigenvalue weighted by Crippen LogP contribution is 2.18. The summed E-state index contributed by atoms with van der Waals surface area (Å²) in [7, 11) is 0. The van der Waals surface area contributed by atoms with Crippen LogP contribution in [0.1, 0.15) is 31.9 Å². The Balaban J connectivity index is 2.84. The molecule has 104 valence electrons. The topological polar surface area (TPSA) is 28.2 Å². The minimum Gasteiger partial charge on any atom is -0.349 e. The minimum atomic E-state index is 0.344. The first-order valence-corrected chi connectivity index (χ1v) is 6.89. The van der Waals surface area contributed by atoms with Crippen LogP contribution < -0.4 is 10.2 Å². The van der Waals surface area contributed by atoms with Gasteiger partial charge in [-0.3, -0.25) is 0 Å². The molecule has 0 aliphatic carbocycles. The lowest BCUT2D eigenvalue weighted by atomic mass is 10.1. The Labute approximate surface area is 117 Å². The van der Waals surface area contributed by atoms with Gasteiger partial charge in [-0.1, -0.05) is 19.1 Å². The van der Waals surface area contributed by atoms with Gasteiger partial charge in [0.25, 0.3) is 0 Å². The van der Waals surface area contributed by atoms with Crippen molar-refractivity contribution in [1.29, 1.82) is 0 Å². The van der Waals surface area contributed by atoms with E-state index in [2.05, 4.69) is 54.3 Å². The van der Waals surface area contributed by atoms with Gasteiger partial charge < -0.3 is 10.2 Å². The van der Waals surface area contributed by atoms with Crippen molar-refractivity contribution in [2.24, 2.45) is 0 Å². The highest BCUT2D eigenvalue weighted by Gasteiger charge is 2.09. The van der Waals surface area contributed by atoms with Crippen molar-refractivity contribution in [2.75, 3.05) is 24.5 Å². The van der Waals surface area contributed by atoms with E-state index >= 15 is 0 Å². The van der Waals surface area contributed by atoms with E-state index in [0.29, 0.717) is 6.04 Å². The molecule has 3 nitrogen and oxygen atoms in total. The molecule has 1 unspecified atom stereocenters. The third-order valence-electron chi connectivity index (χ3n) is 2.99. The number of aromatic nitrogens is 1. The lowest BCUT2D eigenvalue weighted by Crippen LogP contribution is -2.25. The van der Waals surface area contributed by atoms with Gasteiger partial charge in [-0.05, 0) is 37.6 Å². The van der Waals surface area contributed by atoms with Crippen molar-refractivity contribution in [3.8, 4) is 0 Å². The van der Waals surface area contributed by atoms with Gasteiger partial charge in [0.1, 0.15) is 5.82 Å². The van der Waals surface area contributed by atoms with Gasteiger partial charge in [0.2, 0.25) is 0 Å². The van der Waals surface area contributed by atoms with E-state index in [-0.39, 0.29) is 0 Å². The summed E-state index contributed by atoms with van der Waals surface area (Å²) in [6, 6.07) is 4.55. The Morgan fingerprint density at radius 3 is 2.63 bits per heavy atom. The Morgan fingerprint density at radius 2 is 2.05 bits per heavy atom. The van der Waals surface area contributed by atoms with Gasteiger partial charge in [0.05, 0.1) is 0 Å². The summed E-state index contributed by atoms with van der Waals surface area (Å²) < 4.78 is 0. The van der Waals surface area contributed by atoms with Crippen molar-refractivity contribution in [3.63, 3.8) is 0 Å². The van der Waals surface area contributed by atoms with Crippen molar-refractivity contribution in [3.05, 3.63) is 49.2 Å². The fourth-order valence-electron chi connectivity index (χ4n) is 1.93. The summed E-state index contributed by atoms with van der Waals surface area (Å²) in [5.41, 5.74) is 1.26. The van der Waals surface area contributed by atoms with Gasteiger partial charge >= 0.3 is 0 Å². The molecule has 0 spiro atoms. The largest absolute Gasteiger partial charge is 0.349 e. The average molecular weight is 259 g/mol. The quantitative estimate of drug-likeness (QED) is 0.690. The molecule has 1 heterocycles. The van der Waals surface area contributed by atoms with Gasteiger partial charge in [-0.25, -0.2) is 4.98 Å². The van der Waals surface area contributed by atoms with Crippen LogP contribution in [0, 0.1) is 0 Å². The fraction of sp³-hybridized carbons (Fsp3) is 0.438. The molecule has 0 radical (unpaired) electrons. The molecule has 1 aromatic rings. The molecular weight excluding hydrogens is 234 g/mol. The van der Waals surface area contributed by atoms with E-state index in [0.717, 1.165) is 31.9 Å². The van der Waals surface area contributed by atoms with Crippen LogP contribution in [0.3, 0.4) is 0 Å². The second-order valence-electron chi connectivity index (χ2n) is 4.61. The first-order chi connectivity index (χ1) is 9.22. The van der Waals surface area contributed by atoms with Gasteiger partial charge in [0, 0.05) is 25.3 Å². The van der Waals surface area contributed by atoms with E-state index in [9.17, 15) is 0 Å². The molecule has 0 saturated heterocycles. The summed E-state index contributed by atoms with van der Waals surface area (Å²) in [5.74, 6) is 0.974. The Kier molecular flexibility index (Phi) is 6.90. The molecule has 0 saturated carbocycles. The number of hydrogen-bond donors (Lipinski definition) is 1. The molecule has 0 fully saturated rings. The zero-order chi connectivity index (χ0) is 14.1. The van der Waals surface area contributed by atoms with Crippen LogP contribution in [-0.4, -0.2) is 24.6 Å². The highest BCUT2D eigenvalue weighted by molar-refractivity contribution is 5.43. The van der Waals surface area contributed by atoms with Gasteiger partial charge in [0.15, 0.2) is 0 Å². The van der Waals surface area contributed by atoms with E-state index in [1.54, 1.807) is 0 Å². The third-order valence-corrected chi connectivity index (χ3v) is 2.99. The molecule has 0 amide bonds. The second kappa shape index (κ2) is 8.48. The number of nitrogens with zero attached hydrogens (tertiary/aromatic N) is 2.